The minimum Gasteiger partial charge on any atom is -0.497 e. The molecule has 1 aromatic carbocycles. The van der Waals surface area contributed by atoms with Gasteiger partial charge in [-0.05, 0) is 24.3 Å². The maximum Gasteiger partial charge on any atom is 0.321 e. The molecule has 21 heavy (non-hydrogen) atoms. The van der Waals surface area contributed by atoms with Gasteiger partial charge in [-0.3, -0.25) is 4.79 Å². The van der Waals surface area contributed by atoms with Crippen LogP contribution in [0, 0.1) is 0 Å². The number of carboxylic acids is 1. The van der Waals surface area contributed by atoms with E-state index in [0.29, 0.717) is 17.5 Å². The van der Waals surface area contributed by atoms with E-state index in [9.17, 15) is 4.79 Å². The van der Waals surface area contributed by atoms with Crippen LogP contribution in [0.25, 0.3) is 11.4 Å². The third-order valence-corrected chi connectivity index (χ3v) is 3.70. The molecule has 1 atom stereocenters. The molecule has 1 aromatic heterocycles. The van der Waals surface area contributed by atoms with Gasteiger partial charge in [0.1, 0.15) is 11.8 Å². The Morgan fingerprint density at radius 3 is 2.81 bits per heavy atom. The SMILES string of the molecule is COc1ccc(-c2noc(CSCC(N)C(=O)O)n2)cc1. The lowest BCUT2D eigenvalue weighted by atomic mass is 10.2. The van der Waals surface area contributed by atoms with Crippen molar-refractivity contribution >= 4 is 17.7 Å². The van der Waals surface area contributed by atoms with Gasteiger partial charge in [0, 0.05) is 11.3 Å². The molecule has 2 rings (SSSR count). The van der Waals surface area contributed by atoms with Crippen molar-refractivity contribution in [3.63, 3.8) is 0 Å². The van der Waals surface area contributed by atoms with E-state index in [0.717, 1.165) is 11.3 Å². The first-order valence-electron chi connectivity index (χ1n) is 6.13. The number of carbonyl (C=O) groups is 1. The lowest BCUT2D eigenvalue weighted by Crippen LogP contribution is -2.32. The Bertz CT molecular complexity index is 600. The number of thioether (sulfide) groups is 1. The molecule has 0 saturated carbocycles. The van der Waals surface area contributed by atoms with E-state index in [-0.39, 0.29) is 5.75 Å². The molecule has 0 amide bonds. The largest absolute Gasteiger partial charge is 0.497 e. The fourth-order valence-corrected chi connectivity index (χ4v) is 2.32. The first kappa shape index (κ1) is 15.3. The third kappa shape index (κ3) is 4.20. The van der Waals surface area contributed by atoms with Gasteiger partial charge >= 0.3 is 5.97 Å². The predicted molar refractivity (Wildman–Crippen MR) is 78.1 cm³/mol. The number of ether oxygens (including phenoxy) is 1. The minimum atomic E-state index is -1.02. The van der Waals surface area contributed by atoms with Crippen molar-refractivity contribution in [3.05, 3.63) is 30.2 Å². The van der Waals surface area contributed by atoms with Gasteiger partial charge in [-0.2, -0.15) is 4.98 Å². The second kappa shape index (κ2) is 7.09. The van der Waals surface area contributed by atoms with Gasteiger partial charge < -0.3 is 20.1 Å². The highest BCUT2D eigenvalue weighted by atomic mass is 32.2. The third-order valence-electron chi connectivity index (χ3n) is 2.66. The van der Waals surface area contributed by atoms with Crippen LogP contribution in [0.2, 0.25) is 0 Å². The molecule has 1 heterocycles. The highest BCUT2D eigenvalue weighted by molar-refractivity contribution is 7.98. The highest BCUT2D eigenvalue weighted by Crippen LogP contribution is 2.21. The van der Waals surface area contributed by atoms with Gasteiger partial charge in [0.25, 0.3) is 0 Å². The van der Waals surface area contributed by atoms with Crippen LogP contribution < -0.4 is 10.5 Å². The Kier molecular flexibility index (Phi) is 5.18. The topological polar surface area (TPSA) is 111 Å². The lowest BCUT2D eigenvalue weighted by molar-refractivity contribution is -0.137. The van der Waals surface area contributed by atoms with Gasteiger partial charge in [-0.25, -0.2) is 0 Å². The number of nitrogens with zero attached hydrogens (tertiary/aromatic N) is 2. The molecule has 112 valence electrons. The molecular formula is C13H15N3O4S. The second-order valence-electron chi connectivity index (χ2n) is 4.20. The van der Waals surface area contributed by atoms with E-state index in [2.05, 4.69) is 10.1 Å². The van der Waals surface area contributed by atoms with E-state index >= 15 is 0 Å². The molecular weight excluding hydrogens is 294 g/mol. The number of nitrogens with two attached hydrogens (primary N) is 1. The molecule has 0 fully saturated rings. The van der Waals surface area contributed by atoms with Crippen LogP contribution in [0.1, 0.15) is 5.89 Å². The van der Waals surface area contributed by atoms with E-state index in [1.165, 1.54) is 11.8 Å². The van der Waals surface area contributed by atoms with Crippen LogP contribution in [0.4, 0.5) is 0 Å². The average Bonchev–Trinajstić information content (AvgIpc) is 2.96. The van der Waals surface area contributed by atoms with Crippen molar-refractivity contribution < 1.29 is 19.2 Å². The summed E-state index contributed by atoms with van der Waals surface area (Å²) in [5, 5.41) is 12.6. The van der Waals surface area contributed by atoms with Crippen LogP contribution >= 0.6 is 11.8 Å². The zero-order valence-electron chi connectivity index (χ0n) is 11.4. The van der Waals surface area contributed by atoms with Crippen LogP contribution in [0.3, 0.4) is 0 Å². The highest BCUT2D eigenvalue weighted by Gasteiger charge is 2.13. The zero-order valence-corrected chi connectivity index (χ0v) is 12.2. The Balaban J connectivity index is 1.93. The normalized spacial score (nSPS) is 12.1. The molecule has 1 unspecified atom stereocenters. The quantitative estimate of drug-likeness (QED) is 0.789. The molecule has 8 heteroatoms. The Labute approximate surface area is 125 Å². The number of carboxylic acid groups (broad SMARTS) is 1. The molecule has 7 nitrogen and oxygen atoms in total. The first-order chi connectivity index (χ1) is 10.1. The van der Waals surface area contributed by atoms with Crippen molar-refractivity contribution in [3.8, 4) is 17.1 Å². The van der Waals surface area contributed by atoms with E-state index in [4.69, 9.17) is 20.1 Å². The molecule has 0 bridgehead atoms. The van der Waals surface area contributed by atoms with Crippen LogP contribution in [-0.4, -0.2) is 40.1 Å². The molecule has 0 spiro atoms. The Hall–Kier alpha value is -2.06. The van der Waals surface area contributed by atoms with Gasteiger partial charge in [0.15, 0.2) is 0 Å². The van der Waals surface area contributed by atoms with Crippen molar-refractivity contribution in [1.82, 2.24) is 10.1 Å². The van der Waals surface area contributed by atoms with Gasteiger partial charge in [0.05, 0.1) is 12.9 Å². The van der Waals surface area contributed by atoms with Crippen molar-refractivity contribution in [2.75, 3.05) is 12.9 Å². The molecule has 0 aliphatic carbocycles. The Morgan fingerprint density at radius 1 is 1.48 bits per heavy atom. The fourth-order valence-electron chi connectivity index (χ4n) is 1.52. The molecule has 2 aromatic rings. The van der Waals surface area contributed by atoms with Gasteiger partial charge in [-0.15, -0.1) is 11.8 Å². The lowest BCUT2D eigenvalue weighted by Gasteiger charge is -2.03. The van der Waals surface area contributed by atoms with Crippen LogP contribution in [-0.2, 0) is 10.5 Å². The van der Waals surface area contributed by atoms with E-state index in [1.807, 2.05) is 24.3 Å². The standard InChI is InChI=1S/C13H15N3O4S/c1-19-9-4-2-8(3-5-9)12-15-11(20-16-12)7-21-6-10(14)13(17)18/h2-5,10H,6-7,14H2,1H3,(H,17,18). The molecule has 0 saturated heterocycles. The second-order valence-corrected chi connectivity index (χ2v) is 5.23. The van der Waals surface area contributed by atoms with Crippen molar-refractivity contribution in [2.45, 2.75) is 11.8 Å². The number of aromatic nitrogens is 2. The summed E-state index contributed by atoms with van der Waals surface area (Å²) in [6.07, 6.45) is 0. The first-order valence-corrected chi connectivity index (χ1v) is 7.28. The Morgan fingerprint density at radius 2 is 2.19 bits per heavy atom. The maximum absolute atomic E-state index is 10.6. The summed E-state index contributed by atoms with van der Waals surface area (Å²) < 4.78 is 10.2. The maximum atomic E-state index is 10.6. The fraction of sp³-hybridized carbons (Fsp3) is 0.308. The van der Waals surface area contributed by atoms with Crippen molar-refractivity contribution in [2.24, 2.45) is 5.73 Å². The monoisotopic (exact) mass is 309 g/mol. The number of benzene rings is 1. The van der Waals surface area contributed by atoms with Crippen LogP contribution in [0.15, 0.2) is 28.8 Å². The molecule has 3 N–H and O–H groups in total. The molecule has 0 aliphatic heterocycles. The van der Waals surface area contributed by atoms with Gasteiger partial charge in [-0.1, -0.05) is 5.16 Å². The number of hydrogen-bond acceptors (Lipinski definition) is 7. The van der Waals surface area contributed by atoms with Crippen LogP contribution in [0.5, 0.6) is 5.75 Å². The molecule has 0 radical (unpaired) electrons. The van der Waals surface area contributed by atoms with Crippen molar-refractivity contribution in [1.29, 1.82) is 0 Å². The summed E-state index contributed by atoms with van der Waals surface area (Å²) in [5.41, 5.74) is 6.22. The average molecular weight is 309 g/mol. The summed E-state index contributed by atoms with van der Waals surface area (Å²) in [6.45, 7) is 0. The number of aliphatic carboxylic acids is 1. The number of methoxy groups -OCH3 is 1. The summed E-state index contributed by atoms with van der Waals surface area (Å²) in [7, 11) is 1.60. The summed E-state index contributed by atoms with van der Waals surface area (Å²) in [6, 6.07) is 6.40. The minimum absolute atomic E-state index is 0.287. The van der Waals surface area contributed by atoms with E-state index in [1.54, 1.807) is 7.11 Å². The smallest absolute Gasteiger partial charge is 0.321 e. The summed E-state index contributed by atoms with van der Waals surface area (Å²) >= 11 is 1.34. The molecule has 0 aliphatic rings. The number of rotatable bonds is 7. The van der Waals surface area contributed by atoms with Gasteiger partial charge in [0.2, 0.25) is 11.7 Å². The number of hydrogen-bond donors (Lipinski definition) is 2. The summed E-state index contributed by atoms with van der Waals surface area (Å²) in [4.78, 5) is 14.8. The zero-order chi connectivity index (χ0) is 15.2. The summed E-state index contributed by atoms with van der Waals surface area (Å²) in [5.74, 6) is 1.35. The predicted octanol–water partition coefficient (Wildman–Crippen LogP) is 1.39. The van der Waals surface area contributed by atoms with E-state index < -0.39 is 12.0 Å².